The predicted octanol–water partition coefficient (Wildman–Crippen LogP) is 4.33. The smallest absolute Gasteiger partial charge is 0.341 e. The quantitative estimate of drug-likeness (QED) is 0.850. The first-order chi connectivity index (χ1) is 11.0. The summed E-state index contributed by atoms with van der Waals surface area (Å²) in [6.07, 6.45) is 7.59. The molecule has 0 unspecified atom stereocenters. The van der Waals surface area contributed by atoms with Gasteiger partial charge in [0.2, 0.25) is 0 Å². The van der Waals surface area contributed by atoms with Gasteiger partial charge in [-0.2, -0.15) is 0 Å². The van der Waals surface area contributed by atoms with E-state index in [2.05, 4.69) is 19.9 Å². The van der Waals surface area contributed by atoms with Gasteiger partial charge < -0.3 is 9.84 Å². The van der Waals surface area contributed by atoms with Crippen molar-refractivity contribution in [1.29, 1.82) is 0 Å². The Balaban J connectivity index is 1.73. The van der Waals surface area contributed by atoms with Crippen LogP contribution in [0.5, 0.6) is 5.75 Å². The number of carboxylic acid groups (broad SMARTS) is 1. The standard InChI is InChI=1S/C20H28O3/c1-13(2)6-7-14-8-9-16-11-18-15(10-17(14)16)4-3-5-19(18)23-12-20(21)22/h3-5,13-14,16-17H,6-12H2,1-2H3,(H,21,22)/t14-,16+,17+/m0/s1. The largest absolute Gasteiger partial charge is 0.482 e. The van der Waals surface area contributed by atoms with E-state index < -0.39 is 5.97 Å². The maximum Gasteiger partial charge on any atom is 0.341 e. The number of hydrogen-bond donors (Lipinski definition) is 1. The van der Waals surface area contributed by atoms with Gasteiger partial charge in [-0.15, -0.1) is 0 Å². The molecule has 1 N–H and O–H groups in total. The maximum absolute atomic E-state index is 10.8. The highest BCUT2D eigenvalue weighted by atomic mass is 16.5. The van der Waals surface area contributed by atoms with E-state index in [0.29, 0.717) is 0 Å². The summed E-state index contributed by atoms with van der Waals surface area (Å²) in [5.41, 5.74) is 2.64. The third kappa shape index (κ3) is 3.70. The van der Waals surface area contributed by atoms with E-state index in [1.165, 1.54) is 36.8 Å². The normalized spacial score (nSPS) is 26.0. The zero-order valence-corrected chi connectivity index (χ0v) is 14.3. The minimum atomic E-state index is -0.911. The second-order valence-corrected chi connectivity index (χ2v) is 7.72. The summed E-state index contributed by atoms with van der Waals surface area (Å²) in [4.78, 5) is 10.8. The van der Waals surface area contributed by atoms with Crippen LogP contribution in [0.4, 0.5) is 0 Å². The molecular formula is C20H28O3. The van der Waals surface area contributed by atoms with Gasteiger partial charge in [0.05, 0.1) is 0 Å². The fourth-order valence-electron chi connectivity index (χ4n) is 4.56. The lowest BCUT2D eigenvalue weighted by atomic mass is 9.73. The van der Waals surface area contributed by atoms with E-state index in [1.807, 2.05) is 12.1 Å². The van der Waals surface area contributed by atoms with E-state index in [4.69, 9.17) is 9.84 Å². The van der Waals surface area contributed by atoms with Crippen LogP contribution in [-0.2, 0) is 17.6 Å². The Morgan fingerprint density at radius 1 is 1.30 bits per heavy atom. The molecule has 0 radical (unpaired) electrons. The number of carboxylic acids is 1. The summed E-state index contributed by atoms with van der Waals surface area (Å²) < 4.78 is 5.52. The lowest BCUT2D eigenvalue weighted by Gasteiger charge is -2.32. The molecule has 3 atom stereocenters. The Morgan fingerprint density at radius 2 is 2.13 bits per heavy atom. The molecule has 1 saturated carbocycles. The molecule has 2 aliphatic rings. The number of fused-ring (bicyclic) bond motifs is 2. The average Bonchev–Trinajstić information content (AvgIpc) is 2.90. The molecule has 3 rings (SSSR count). The second kappa shape index (κ2) is 6.94. The summed E-state index contributed by atoms with van der Waals surface area (Å²) in [5, 5.41) is 8.84. The molecule has 1 aromatic carbocycles. The van der Waals surface area contributed by atoms with Crippen molar-refractivity contribution in [2.75, 3.05) is 6.61 Å². The van der Waals surface area contributed by atoms with Crippen LogP contribution in [0.2, 0.25) is 0 Å². The zero-order chi connectivity index (χ0) is 16.4. The van der Waals surface area contributed by atoms with Crippen molar-refractivity contribution >= 4 is 5.97 Å². The third-order valence-electron chi connectivity index (χ3n) is 5.74. The molecule has 1 fully saturated rings. The molecule has 1 aromatic rings. The highest BCUT2D eigenvalue weighted by molar-refractivity contribution is 5.68. The first-order valence-corrected chi connectivity index (χ1v) is 9.00. The van der Waals surface area contributed by atoms with Crippen LogP contribution in [-0.4, -0.2) is 17.7 Å². The van der Waals surface area contributed by atoms with Crippen molar-refractivity contribution in [3.8, 4) is 5.75 Å². The van der Waals surface area contributed by atoms with E-state index in [9.17, 15) is 4.79 Å². The lowest BCUT2D eigenvalue weighted by molar-refractivity contribution is -0.139. The Labute approximate surface area is 139 Å². The van der Waals surface area contributed by atoms with Crippen molar-refractivity contribution < 1.29 is 14.6 Å². The molecule has 23 heavy (non-hydrogen) atoms. The third-order valence-corrected chi connectivity index (χ3v) is 5.74. The van der Waals surface area contributed by atoms with Crippen LogP contribution >= 0.6 is 0 Å². The predicted molar refractivity (Wildman–Crippen MR) is 90.8 cm³/mol. The summed E-state index contributed by atoms with van der Waals surface area (Å²) in [6.45, 7) is 4.38. The summed E-state index contributed by atoms with van der Waals surface area (Å²) >= 11 is 0. The molecule has 0 saturated heterocycles. The van der Waals surface area contributed by atoms with Crippen molar-refractivity contribution in [1.82, 2.24) is 0 Å². The van der Waals surface area contributed by atoms with Gasteiger partial charge >= 0.3 is 5.97 Å². The van der Waals surface area contributed by atoms with Gasteiger partial charge in [0.25, 0.3) is 0 Å². The first kappa shape index (κ1) is 16.4. The lowest BCUT2D eigenvalue weighted by Crippen LogP contribution is -2.26. The number of rotatable bonds is 6. The fourth-order valence-corrected chi connectivity index (χ4v) is 4.56. The second-order valence-electron chi connectivity index (χ2n) is 7.72. The summed E-state index contributed by atoms with van der Waals surface area (Å²) in [7, 11) is 0. The number of aliphatic carboxylic acids is 1. The van der Waals surface area contributed by atoms with E-state index in [0.717, 1.165) is 42.3 Å². The zero-order valence-electron chi connectivity index (χ0n) is 14.3. The molecular weight excluding hydrogens is 288 g/mol. The Morgan fingerprint density at radius 3 is 2.87 bits per heavy atom. The number of benzene rings is 1. The monoisotopic (exact) mass is 316 g/mol. The molecule has 0 heterocycles. The Bertz CT molecular complexity index is 564. The van der Waals surface area contributed by atoms with Gasteiger partial charge in [0.1, 0.15) is 5.75 Å². The van der Waals surface area contributed by atoms with Crippen LogP contribution in [0, 0.1) is 23.7 Å². The van der Waals surface area contributed by atoms with E-state index >= 15 is 0 Å². The van der Waals surface area contributed by atoms with Gasteiger partial charge in [-0.25, -0.2) is 4.79 Å². The van der Waals surface area contributed by atoms with Crippen LogP contribution in [0.3, 0.4) is 0 Å². The van der Waals surface area contributed by atoms with Gasteiger partial charge in [-0.05, 0) is 73.0 Å². The highest BCUT2D eigenvalue weighted by Crippen LogP contribution is 2.48. The molecule has 0 amide bonds. The van der Waals surface area contributed by atoms with Gasteiger partial charge in [0, 0.05) is 0 Å². The van der Waals surface area contributed by atoms with E-state index in [1.54, 1.807) is 0 Å². The summed E-state index contributed by atoms with van der Waals surface area (Å²) in [5.74, 6) is 3.12. The Hall–Kier alpha value is -1.51. The molecule has 0 aromatic heterocycles. The van der Waals surface area contributed by atoms with Crippen molar-refractivity contribution in [3.63, 3.8) is 0 Å². The number of carbonyl (C=O) groups is 1. The maximum atomic E-state index is 10.8. The molecule has 126 valence electrons. The Kier molecular flexibility index (Phi) is 4.93. The molecule has 0 bridgehead atoms. The van der Waals surface area contributed by atoms with Crippen molar-refractivity contribution in [2.24, 2.45) is 23.7 Å². The molecule has 0 aliphatic heterocycles. The van der Waals surface area contributed by atoms with Crippen molar-refractivity contribution in [2.45, 2.75) is 52.4 Å². The topological polar surface area (TPSA) is 46.5 Å². The van der Waals surface area contributed by atoms with Gasteiger partial charge in [-0.3, -0.25) is 0 Å². The molecule has 3 heteroatoms. The van der Waals surface area contributed by atoms with Crippen LogP contribution in [0.15, 0.2) is 18.2 Å². The molecule has 2 aliphatic carbocycles. The molecule has 3 nitrogen and oxygen atoms in total. The van der Waals surface area contributed by atoms with Crippen molar-refractivity contribution in [3.05, 3.63) is 29.3 Å². The average molecular weight is 316 g/mol. The minimum absolute atomic E-state index is 0.248. The van der Waals surface area contributed by atoms with Crippen LogP contribution in [0.1, 0.15) is 50.7 Å². The summed E-state index contributed by atoms with van der Waals surface area (Å²) in [6, 6.07) is 6.14. The molecule has 0 spiro atoms. The highest BCUT2D eigenvalue weighted by Gasteiger charge is 2.39. The number of ether oxygens (including phenoxy) is 1. The van der Waals surface area contributed by atoms with Crippen LogP contribution < -0.4 is 4.74 Å². The first-order valence-electron chi connectivity index (χ1n) is 9.00. The van der Waals surface area contributed by atoms with Gasteiger partial charge in [-0.1, -0.05) is 32.4 Å². The van der Waals surface area contributed by atoms with Crippen LogP contribution in [0.25, 0.3) is 0 Å². The fraction of sp³-hybridized carbons (Fsp3) is 0.650. The van der Waals surface area contributed by atoms with E-state index in [-0.39, 0.29) is 6.61 Å². The number of hydrogen-bond acceptors (Lipinski definition) is 2. The minimum Gasteiger partial charge on any atom is -0.482 e. The SMILES string of the molecule is CC(C)CC[C@H]1CC[C@@H]2Cc3c(cccc3OCC(=O)O)C[C@H]12. The van der Waals surface area contributed by atoms with Gasteiger partial charge in [0.15, 0.2) is 6.61 Å².